The monoisotopic (exact) mass is 397 g/mol. The van der Waals surface area contributed by atoms with Crippen molar-refractivity contribution in [2.75, 3.05) is 26.0 Å². The minimum atomic E-state index is -0.355. The standard InChI is InChI=1S/C21H20ClN3O3/c1-13-10-16(15-6-4-5-7-17(15)23-13)21(27)25(2)12-20(26)24-18-11-14(22)8-9-19(18)28-3/h4-11H,12H2,1-3H3,(H,24,26). The average Bonchev–Trinajstić information content (AvgIpc) is 2.66. The molecule has 0 aliphatic heterocycles. The van der Waals surface area contributed by atoms with Crippen LogP contribution < -0.4 is 10.1 Å². The Labute approximate surface area is 168 Å². The molecule has 3 rings (SSSR count). The van der Waals surface area contributed by atoms with E-state index >= 15 is 0 Å². The molecule has 0 spiro atoms. The number of nitrogens with one attached hydrogen (secondary N) is 1. The molecule has 3 aromatic rings. The highest BCUT2D eigenvalue weighted by molar-refractivity contribution is 6.31. The van der Waals surface area contributed by atoms with Crippen LogP contribution in [0.4, 0.5) is 5.69 Å². The molecule has 0 aliphatic carbocycles. The van der Waals surface area contributed by atoms with Crippen LogP contribution in [0.1, 0.15) is 16.1 Å². The number of aromatic nitrogens is 1. The third-order valence-electron chi connectivity index (χ3n) is 4.24. The molecule has 28 heavy (non-hydrogen) atoms. The van der Waals surface area contributed by atoms with E-state index in [0.717, 1.165) is 16.6 Å². The molecule has 0 aliphatic rings. The maximum Gasteiger partial charge on any atom is 0.254 e. The Hall–Kier alpha value is -3.12. The van der Waals surface area contributed by atoms with Gasteiger partial charge in [0.05, 0.1) is 30.4 Å². The molecule has 0 bridgehead atoms. The lowest BCUT2D eigenvalue weighted by Gasteiger charge is -2.19. The molecule has 0 atom stereocenters. The summed E-state index contributed by atoms with van der Waals surface area (Å²) in [5, 5.41) is 3.96. The molecule has 144 valence electrons. The number of halogens is 1. The number of carbonyl (C=O) groups is 2. The lowest BCUT2D eigenvalue weighted by Crippen LogP contribution is -2.35. The summed E-state index contributed by atoms with van der Waals surface area (Å²) >= 11 is 5.99. The Morgan fingerprint density at radius 3 is 2.68 bits per heavy atom. The summed E-state index contributed by atoms with van der Waals surface area (Å²) in [7, 11) is 3.09. The van der Waals surface area contributed by atoms with Crippen molar-refractivity contribution in [1.82, 2.24) is 9.88 Å². The van der Waals surface area contributed by atoms with Crippen molar-refractivity contribution in [2.45, 2.75) is 6.92 Å². The number of likely N-dealkylation sites (N-methyl/N-ethyl adjacent to an activating group) is 1. The molecule has 2 amide bonds. The SMILES string of the molecule is COc1ccc(Cl)cc1NC(=O)CN(C)C(=O)c1cc(C)nc2ccccc12. The maximum absolute atomic E-state index is 12.9. The van der Waals surface area contributed by atoms with Gasteiger partial charge in [0.1, 0.15) is 5.75 Å². The highest BCUT2D eigenvalue weighted by Gasteiger charge is 2.19. The van der Waals surface area contributed by atoms with Crippen molar-refractivity contribution >= 4 is 40.0 Å². The van der Waals surface area contributed by atoms with Gasteiger partial charge >= 0.3 is 0 Å². The van der Waals surface area contributed by atoms with Gasteiger partial charge in [-0.2, -0.15) is 0 Å². The summed E-state index contributed by atoms with van der Waals surface area (Å²) < 4.78 is 5.22. The molecule has 0 radical (unpaired) electrons. The van der Waals surface area contributed by atoms with Crippen molar-refractivity contribution in [3.05, 3.63) is 64.8 Å². The Morgan fingerprint density at radius 2 is 1.93 bits per heavy atom. The predicted molar refractivity (Wildman–Crippen MR) is 110 cm³/mol. The van der Waals surface area contributed by atoms with E-state index in [2.05, 4.69) is 10.3 Å². The van der Waals surface area contributed by atoms with Gasteiger partial charge in [-0.05, 0) is 37.3 Å². The van der Waals surface area contributed by atoms with Crippen LogP contribution in [0.3, 0.4) is 0 Å². The molecule has 0 unspecified atom stereocenters. The molecule has 0 saturated carbocycles. The largest absolute Gasteiger partial charge is 0.495 e. The van der Waals surface area contributed by atoms with Gasteiger partial charge in [-0.15, -0.1) is 0 Å². The minimum Gasteiger partial charge on any atom is -0.495 e. The first kappa shape index (κ1) is 19.6. The zero-order chi connectivity index (χ0) is 20.3. The van der Waals surface area contributed by atoms with Crippen LogP contribution in [-0.4, -0.2) is 42.4 Å². The van der Waals surface area contributed by atoms with E-state index in [4.69, 9.17) is 16.3 Å². The number of ether oxygens (including phenoxy) is 1. The Kier molecular flexibility index (Phi) is 5.80. The molecule has 0 fully saturated rings. The van der Waals surface area contributed by atoms with E-state index in [9.17, 15) is 9.59 Å². The highest BCUT2D eigenvalue weighted by Crippen LogP contribution is 2.27. The maximum atomic E-state index is 12.9. The van der Waals surface area contributed by atoms with Crippen molar-refractivity contribution in [2.24, 2.45) is 0 Å². The molecule has 1 aromatic heterocycles. The van der Waals surface area contributed by atoms with Crippen molar-refractivity contribution < 1.29 is 14.3 Å². The number of pyridine rings is 1. The first-order valence-corrected chi connectivity index (χ1v) is 9.02. The number of amides is 2. The van der Waals surface area contributed by atoms with Crippen LogP contribution in [0.2, 0.25) is 5.02 Å². The topological polar surface area (TPSA) is 71.5 Å². The number of rotatable bonds is 5. The summed E-state index contributed by atoms with van der Waals surface area (Å²) in [4.78, 5) is 31.2. The number of hydrogen-bond acceptors (Lipinski definition) is 4. The van der Waals surface area contributed by atoms with Gasteiger partial charge in [0.2, 0.25) is 5.91 Å². The first-order valence-electron chi connectivity index (χ1n) is 8.64. The lowest BCUT2D eigenvalue weighted by molar-refractivity contribution is -0.116. The minimum absolute atomic E-state index is 0.121. The number of nitrogens with zero attached hydrogens (tertiary/aromatic N) is 2. The summed E-state index contributed by atoms with van der Waals surface area (Å²) in [6, 6.07) is 14.1. The third-order valence-corrected chi connectivity index (χ3v) is 4.47. The van der Waals surface area contributed by atoms with E-state index in [-0.39, 0.29) is 18.4 Å². The molecule has 0 saturated heterocycles. The van der Waals surface area contributed by atoms with Crippen LogP contribution in [0.5, 0.6) is 5.75 Å². The number of anilines is 1. The van der Waals surface area contributed by atoms with Gasteiger partial charge in [-0.25, -0.2) is 0 Å². The van der Waals surface area contributed by atoms with E-state index in [1.54, 1.807) is 31.3 Å². The first-order chi connectivity index (χ1) is 13.4. The average molecular weight is 398 g/mol. The second kappa shape index (κ2) is 8.27. The Balaban J connectivity index is 1.78. The normalized spacial score (nSPS) is 10.6. The molecule has 1 heterocycles. The van der Waals surface area contributed by atoms with Crippen LogP contribution >= 0.6 is 11.6 Å². The van der Waals surface area contributed by atoms with E-state index in [1.165, 1.54) is 12.0 Å². The molecule has 6 nitrogen and oxygen atoms in total. The molecule has 2 aromatic carbocycles. The highest BCUT2D eigenvalue weighted by atomic mass is 35.5. The number of aryl methyl sites for hydroxylation is 1. The summed E-state index contributed by atoms with van der Waals surface area (Å²) in [5.41, 5.74) is 2.45. The third kappa shape index (κ3) is 4.23. The van der Waals surface area contributed by atoms with E-state index < -0.39 is 0 Å². The van der Waals surface area contributed by atoms with Gasteiger partial charge in [-0.3, -0.25) is 14.6 Å². The number of fused-ring (bicyclic) bond motifs is 1. The van der Waals surface area contributed by atoms with Crippen LogP contribution in [-0.2, 0) is 4.79 Å². The summed E-state index contributed by atoms with van der Waals surface area (Å²) in [5.74, 6) is -0.121. The fourth-order valence-electron chi connectivity index (χ4n) is 2.95. The van der Waals surface area contributed by atoms with Crippen molar-refractivity contribution in [3.8, 4) is 5.75 Å². The van der Waals surface area contributed by atoms with Gasteiger partial charge in [0.15, 0.2) is 0 Å². The van der Waals surface area contributed by atoms with E-state index in [1.807, 2.05) is 31.2 Å². The predicted octanol–water partition coefficient (Wildman–Crippen LogP) is 3.92. The van der Waals surface area contributed by atoms with Crippen LogP contribution in [0, 0.1) is 6.92 Å². The van der Waals surface area contributed by atoms with Crippen LogP contribution in [0.25, 0.3) is 10.9 Å². The number of methoxy groups -OCH3 is 1. The quantitative estimate of drug-likeness (QED) is 0.708. The zero-order valence-electron chi connectivity index (χ0n) is 15.8. The number of hydrogen-bond donors (Lipinski definition) is 1. The van der Waals surface area contributed by atoms with Gasteiger partial charge in [-0.1, -0.05) is 29.8 Å². The van der Waals surface area contributed by atoms with E-state index in [0.29, 0.717) is 22.0 Å². The second-order valence-electron chi connectivity index (χ2n) is 6.38. The molecular weight excluding hydrogens is 378 g/mol. The Bertz CT molecular complexity index is 1050. The second-order valence-corrected chi connectivity index (χ2v) is 6.82. The zero-order valence-corrected chi connectivity index (χ0v) is 16.6. The number of benzene rings is 2. The molecular formula is C21H20ClN3O3. The Morgan fingerprint density at radius 1 is 1.18 bits per heavy atom. The van der Waals surface area contributed by atoms with Crippen molar-refractivity contribution in [3.63, 3.8) is 0 Å². The van der Waals surface area contributed by atoms with Gasteiger partial charge in [0.25, 0.3) is 5.91 Å². The van der Waals surface area contributed by atoms with Gasteiger partial charge < -0.3 is 15.0 Å². The summed E-state index contributed by atoms with van der Waals surface area (Å²) in [6.45, 7) is 1.71. The number of carbonyl (C=O) groups excluding carboxylic acids is 2. The number of para-hydroxylation sites is 1. The van der Waals surface area contributed by atoms with Crippen molar-refractivity contribution in [1.29, 1.82) is 0 Å². The van der Waals surface area contributed by atoms with Crippen LogP contribution in [0.15, 0.2) is 48.5 Å². The smallest absolute Gasteiger partial charge is 0.254 e. The fourth-order valence-corrected chi connectivity index (χ4v) is 3.12. The lowest BCUT2D eigenvalue weighted by atomic mass is 10.1. The van der Waals surface area contributed by atoms with Gasteiger partial charge in [0, 0.05) is 23.2 Å². The summed E-state index contributed by atoms with van der Waals surface area (Å²) in [6.07, 6.45) is 0. The molecule has 1 N–H and O–H groups in total. The molecule has 7 heteroatoms. The fraction of sp³-hybridized carbons (Fsp3) is 0.190.